The Hall–Kier alpha value is -1.38. The Kier molecular flexibility index (Phi) is 7.76. The largest absolute Gasteiger partial charge is 0.481 e. The first-order chi connectivity index (χ1) is 13.8. The SMILES string of the molecule is O=C(O)CCCCCN1C(=S)S/C(=C\c2ccc(-c3ccc(Cl)c(Cl)c3)o2)C1=S. The van der Waals surface area contributed by atoms with E-state index in [-0.39, 0.29) is 6.42 Å². The van der Waals surface area contributed by atoms with Crippen LogP contribution >= 0.6 is 59.4 Å². The maximum Gasteiger partial charge on any atom is 0.303 e. The zero-order valence-electron chi connectivity index (χ0n) is 15.2. The molecule has 1 aliphatic heterocycles. The highest BCUT2D eigenvalue weighted by molar-refractivity contribution is 8.27. The predicted molar refractivity (Wildman–Crippen MR) is 128 cm³/mol. The average Bonchev–Trinajstić information content (AvgIpc) is 3.23. The number of hydrogen-bond donors (Lipinski definition) is 1. The minimum atomic E-state index is -0.767. The van der Waals surface area contributed by atoms with Gasteiger partial charge in [0.25, 0.3) is 0 Å². The Morgan fingerprint density at radius 2 is 1.93 bits per heavy atom. The summed E-state index contributed by atoms with van der Waals surface area (Å²) in [6.45, 7) is 0.689. The Labute approximate surface area is 193 Å². The molecule has 152 valence electrons. The molecule has 1 aromatic carbocycles. The van der Waals surface area contributed by atoms with Gasteiger partial charge >= 0.3 is 5.97 Å². The minimum Gasteiger partial charge on any atom is -0.481 e. The van der Waals surface area contributed by atoms with E-state index in [0.29, 0.717) is 43.8 Å². The zero-order valence-corrected chi connectivity index (χ0v) is 19.2. The molecule has 2 aromatic rings. The molecular formula is C20H17Cl2NO3S3. The van der Waals surface area contributed by atoms with Crippen molar-refractivity contribution in [3.05, 3.63) is 51.0 Å². The zero-order chi connectivity index (χ0) is 21.0. The van der Waals surface area contributed by atoms with Gasteiger partial charge in [0.2, 0.25) is 0 Å². The molecule has 0 aliphatic carbocycles. The lowest BCUT2D eigenvalue weighted by molar-refractivity contribution is -0.137. The van der Waals surface area contributed by atoms with E-state index in [4.69, 9.17) is 57.2 Å². The van der Waals surface area contributed by atoms with Crippen molar-refractivity contribution in [2.24, 2.45) is 0 Å². The summed E-state index contributed by atoms with van der Waals surface area (Å²) in [6.07, 6.45) is 4.38. The molecule has 4 nitrogen and oxygen atoms in total. The highest BCUT2D eigenvalue weighted by Crippen LogP contribution is 2.35. The number of carboxylic acids is 1. The molecule has 0 spiro atoms. The molecule has 9 heteroatoms. The van der Waals surface area contributed by atoms with Crippen molar-refractivity contribution in [2.45, 2.75) is 25.7 Å². The lowest BCUT2D eigenvalue weighted by Gasteiger charge is -2.16. The van der Waals surface area contributed by atoms with Crippen molar-refractivity contribution in [3.8, 4) is 11.3 Å². The quantitative estimate of drug-likeness (QED) is 0.247. The third-order valence-corrected chi connectivity index (χ3v) is 6.96. The Bertz CT molecular complexity index is 987. The number of carbonyl (C=O) groups is 1. The number of hydrogen-bond acceptors (Lipinski definition) is 5. The smallest absolute Gasteiger partial charge is 0.303 e. The van der Waals surface area contributed by atoms with Gasteiger partial charge in [-0.25, -0.2) is 0 Å². The molecule has 0 saturated carbocycles. The summed E-state index contributed by atoms with van der Waals surface area (Å²) in [5.41, 5.74) is 0.837. The molecule has 0 bridgehead atoms. The van der Waals surface area contributed by atoms with Crippen LogP contribution in [0.5, 0.6) is 0 Å². The van der Waals surface area contributed by atoms with E-state index in [9.17, 15) is 4.79 Å². The molecule has 1 aromatic heterocycles. The van der Waals surface area contributed by atoms with Crippen molar-refractivity contribution in [3.63, 3.8) is 0 Å². The molecule has 0 unspecified atom stereocenters. The van der Waals surface area contributed by atoms with Crippen LogP contribution in [0.3, 0.4) is 0 Å². The van der Waals surface area contributed by atoms with Gasteiger partial charge in [0.1, 0.15) is 20.8 Å². The van der Waals surface area contributed by atoms with Crippen LogP contribution in [0, 0.1) is 0 Å². The van der Waals surface area contributed by atoms with Crippen LogP contribution in [-0.2, 0) is 4.79 Å². The van der Waals surface area contributed by atoms with Gasteiger partial charge in [-0.15, -0.1) is 0 Å². The van der Waals surface area contributed by atoms with E-state index in [1.54, 1.807) is 12.1 Å². The highest BCUT2D eigenvalue weighted by Gasteiger charge is 2.28. The first-order valence-corrected chi connectivity index (χ1v) is 11.3. The standard InChI is InChI=1S/C20H17Cl2NO3S3/c21-14-7-5-12(10-15(14)22)16-8-6-13(26-16)11-17-19(27)23(20(28)29-17)9-3-1-2-4-18(24)25/h5-8,10-11H,1-4,9H2,(H,24,25)/b17-11-. The first kappa shape index (κ1) is 22.3. The fourth-order valence-corrected chi connectivity index (χ4v) is 4.87. The van der Waals surface area contributed by atoms with E-state index >= 15 is 0 Å². The number of benzene rings is 1. The monoisotopic (exact) mass is 485 g/mol. The molecule has 2 heterocycles. The normalized spacial score (nSPS) is 15.5. The van der Waals surface area contributed by atoms with Crippen molar-refractivity contribution >= 4 is 80.8 Å². The van der Waals surface area contributed by atoms with Crippen LogP contribution < -0.4 is 0 Å². The van der Waals surface area contributed by atoms with Crippen LogP contribution in [0.2, 0.25) is 10.0 Å². The van der Waals surface area contributed by atoms with Gasteiger partial charge in [0.15, 0.2) is 0 Å². The third-order valence-electron chi connectivity index (χ3n) is 4.25. The molecule has 3 rings (SSSR count). The Morgan fingerprint density at radius 3 is 2.66 bits per heavy atom. The number of halogens is 2. The van der Waals surface area contributed by atoms with Gasteiger partial charge < -0.3 is 14.4 Å². The summed E-state index contributed by atoms with van der Waals surface area (Å²) >= 11 is 24.5. The average molecular weight is 486 g/mol. The van der Waals surface area contributed by atoms with E-state index in [0.717, 1.165) is 23.3 Å². The van der Waals surface area contributed by atoms with Crippen molar-refractivity contribution in [1.29, 1.82) is 0 Å². The van der Waals surface area contributed by atoms with Crippen molar-refractivity contribution in [1.82, 2.24) is 4.90 Å². The molecule has 1 aliphatic rings. The summed E-state index contributed by atoms with van der Waals surface area (Å²) in [7, 11) is 0. The summed E-state index contributed by atoms with van der Waals surface area (Å²) in [6, 6.07) is 9.07. The van der Waals surface area contributed by atoms with Crippen LogP contribution in [0.25, 0.3) is 17.4 Å². The van der Waals surface area contributed by atoms with Gasteiger partial charge in [-0.05, 0) is 49.2 Å². The molecular weight excluding hydrogens is 469 g/mol. The lowest BCUT2D eigenvalue weighted by Crippen LogP contribution is -2.27. The number of aliphatic carboxylic acids is 1. The van der Waals surface area contributed by atoms with Crippen LogP contribution in [-0.4, -0.2) is 31.8 Å². The second-order valence-corrected chi connectivity index (χ2v) is 9.25. The van der Waals surface area contributed by atoms with Crippen molar-refractivity contribution in [2.75, 3.05) is 6.54 Å². The maximum atomic E-state index is 10.6. The molecule has 1 saturated heterocycles. The van der Waals surface area contributed by atoms with Gasteiger partial charge in [0, 0.05) is 18.5 Å². The van der Waals surface area contributed by atoms with E-state index in [1.165, 1.54) is 11.8 Å². The fraction of sp³-hybridized carbons (Fsp3) is 0.250. The van der Waals surface area contributed by atoms with E-state index in [2.05, 4.69) is 0 Å². The van der Waals surface area contributed by atoms with E-state index < -0.39 is 5.97 Å². The van der Waals surface area contributed by atoms with Crippen LogP contribution in [0.4, 0.5) is 0 Å². The lowest BCUT2D eigenvalue weighted by atomic mass is 10.2. The first-order valence-electron chi connectivity index (χ1n) is 8.87. The van der Waals surface area contributed by atoms with Crippen LogP contribution in [0.15, 0.2) is 39.7 Å². The number of rotatable bonds is 8. The molecule has 1 fully saturated rings. The molecule has 0 radical (unpaired) electrons. The number of nitrogens with zero attached hydrogens (tertiary/aromatic N) is 1. The number of unbranched alkanes of at least 4 members (excludes halogenated alkanes) is 2. The minimum absolute atomic E-state index is 0.189. The second-order valence-electron chi connectivity index (χ2n) is 6.37. The summed E-state index contributed by atoms with van der Waals surface area (Å²) in [5, 5.41) is 9.66. The Balaban J connectivity index is 1.64. The fourth-order valence-electron chi connectivity index (χ4n) is 2.78. The van der Waals surface area contributed by atoms with Gasteiger partial charge in [-0.2, -0.15) is 0 Å². The molecule has 1 N–H and O–H groups in total. The van der Waals surface area contributed by atoms with E-state index in [1.807, 2.05) is 29.2 Å². The second kappa shape index (κ2) is 10.1. The highest BCUT2D eigenvalue weighted by atomic mass is 35.5. The van der Waals surface area contributed by atoms with Crippen molar-refractivity contribution < 1.29 is 14.3 Å². The molecule has 0 amide bonds. The summed E-state index contributed by atoms with van der Waals surface area (Å²) in [4.78, 5) is 14.0. The molecule has 0 atom stereocenters. The van der Waals surface area contributed by atoms with Crippen LogP contribution in [0.1, 0.15) is 31.4 Å². The number of thiocarbonyl (C=S) groups is 2. The van der Waals surface area contributed by atoms with Gasteiger partial charge in [0.05, 0.1) is 15.0 Å². The Morgan fingerprint density at radius 1 is 1.14 bits per heavy atom. The summed E-state index contributed by atoms with van der Waals surface area (Å²) in [5.74, 6) is 0.584. The van der Waals surface area contributed by atoms with Gasteiger partial charge in [-0.3, -0.25) is 4.79 Å². The van der Waals surface area contributed by atoms with Gasteiger partial charge in [-0.1, -0.05) is 65.8 Å². The number of thioether (sulfide) groups is 1. The number of carboxylic acid groups (broad SMARTS) is 1. The predicted octanol–water partition coefficient (Wildman–Crippen LogP) is 6.90. The summed E-state index contributed by atoms with van der Waals surface area (Å²) < 4.78 is 6.62. The maximum absolute atomic E-state index is 10.6. The number of furan rings is 1. The third kappa shape index (κ3) is 5.83. The molecule has 29 heavy (non-hydrogen) atoms. The topological polar surface area (TPSA) is 53.7 Å².